The van der Waals surface area contributed by atoms with Crippen LogP contribution in [0.5, 0.6) is 0 Å². The Labute approximate surface area is 150 Å². The zero-order valence-corrected chi connectivity index (χ0v) is 15.1. The van der Waals surface area contributed by atoms with Crippen LogP contribution in [0.2, 0.25) is 0 Å². The van der Waals surface area contributed by atoms with Crippen LogP contribution >= 0.6 is 0 Å². The molecule has 0 amide bonds. The third-order valence-corrected chi connectivity index (χ3v) is 6.75. The quantitative estimate of drug-likeness (QED) is 0.858. The molecular formula is C17H21F3N2O3S. The molecular weight excluding hydrogens is 369 g/mol. The number of hydrogen-bond donors (Lipinski definition) is 1. The summed E-state index contributed by atoms with van der Waals surface area (Å²) >= 11 is 0. The molecule has 1 aromatic carbocycles. The van der Waals surface area contributed by atoms with Crippen molar-refractivity contribution in [2.45, 2.75) is 62.2 Å². The molecule has 2 aliphatic rings. The topological polar surface area (TPSA) is 70.0 Å². The molecule has 0 bridgehead atoms. The third kappa shape index (κ3) is 3.22. The van der Waals surface area contributed by atoms with Gasteiger partial charge in [0.15, 0.2) is 0 Å². The van der Waals surface area contributed by atoms with Gasteiger partial charge in [-0.05, 0) is 37.8 Å². The zero-order valence-electron chi connectivity index (χ0n) is 14.3. The Morgan fingerprint density at radius 3 is 2.27 bits per heavy atom. The molecule has 0 aromatic heterocycles. The third-order valence-electron chi connectivity index (χ3n) is 5.04. The van der Waals surface area contributed by atoms with Crippen LogP contribution < -0.4 is 0 Å². The molecule has 1 atom stereocenters. The smallest absolute Gasteiger partial charge is 0.361 e. The molecule has 0 radical (unpaired) electrons. The summed E-state index contributed by atoms with van der Waals surface area (Å²) in [7, 11) is -4.64. The first-order valence-corrected chi connectivity index (χ1v) is 9.98. The first-order valence-electron chi connectivity index (χ1n) is 8.54. The van der Waals surface area contributed by atoms with E-state index in [0.717, 1.165) is 24.8 Å². The number of hydrogen-bond acceptors (Lipinski definition) is 4. The molecule has 3 rings (SSSR count). The van der Waals surface area contributed by atoms with Crippen molar-refractivity contribution < 1.29 is 26.7 Å². The minimum atomic E-state index is -5.16. The number of aryl methyl sites for hydroxylation is 1. The largest absolute Gasteiger partial charge is 0.439 e. The van der Waals surface area contributed by atoms with Crippen LogP contribution in [0, 0.1) is 12.8 Å². The van der Waals surface area contributed by atoms with E-state index in [1.165, 1.54) is 24.3 Å². The summed E-state index contributed by atoms with van der Waals surface area (Å²) < 4.78 is 66.3. The Kier molecular flexibility index (Phi) is 4.81. The van der Waals surface area contributed by atoms with Gasteiger partial charge in [0, 0.05) is 12.1 Å². The molecule has 26 heavy (non-hydrogen) atoms. The number of sulfonamides is 1. The SMILES string of the molecule is Cc1ccc(S(=O)(=O)N2N=C(C3CCCCC3)C[C@@]2(O)C(F)(F)F)cc1. The molecule has 9 heteroatoms. The van der Waals surface area contributed by atoms with Gasteiger partial charge in [0.05, 0.1) is 4.90 Å². The Balaban J connectivity index is 2.04. The summed E-state index contributed by atoms with van der Waals surface area (Å²) in [5.41, 5.74) is -2.67. The molecule has 0 saturated heterocycles. The van der Waals surface area contributed by atoms with Crippen molar-refractivity contribution in [2.75, 3.05) is 0 Å². The molecule has 1 aliphatic heterocycles. The van der Waals surface area contributed by atoms with Crippen LogP contribution in [-0.4, -0.2) is 35.6 Å². The number of nitrogens with zero attached hydrogens (tertiary/aromatic N) is 2. The maximum atomic E-state index is 13.6. The van der Waals surface area contributed by atoms with Crippen LogP contribution in [0.4, 0.5) is 13.2 Å². The number of aliphatic hydroxyl groups is 1. The fourth-order valence-electron chi connectivity index (χ4n) is 3.49. The van der Waals surface area contributed by atoms with Gasteiger partial charge in [0.2, 0.25) is 0 Å². The number of benzene rings is 1. The number of halogens is 3. The Bertz CT molecular complexity index is 800. The molecule has 1 aliphatic carbocycles. The van der Waals surface area contributed by atoms with Gasteiger partial charge in [-0.2, -0.15) is 26.7 Å². The molecule has 1 fully saturated rings. The molecule has 0 spiro atoms. The van der Waals surface area contributed by atoms with Crippen LogP contribution in [-0.2, 0) is 10.0 Å². The van der Waals surface area contributed by atoms with Crippen molar-refractivity contribution in [3.05, 3.63) is 29.8 Å². The highest BCUT2D eigenvalue weighted by atomic mass is 32.2. The van der Waals surface area contributed by atoms with E-state index in [4.69, 9.17) is 0 Å². The minimum Gasteiger partial charge on any atom is -0.361 e. The lowest BCUT2D eigenvalue weighted by Gasteiger charge is -2.33. The van der Waals surface area contributed by atoms with Crippen molar-refractivity contribution in [3.63, 3.8) is 0 Å². The number of rotatable bonds is 3. The van der Waals surface area contributed by atoms with Crippen molar-refractivity contribution >= 4 is 15.7 Å². The average molecular weight is 390 g/mol. The lowest BCUT2D eigenvalue weighted by Crippen LogP contribution is -2.56. The van der Waals surface area contributed by atoms with Gasteiger partial charge < -0.3 is 5.11 Å². The second kappa shape index (κ2) is 6.53. The molecule has 144 valence electrons. The second-order valence-electron chi connectivity index (χ2n) is 6.98. The van der Waals surface area contributed by atoms with E-state index >= 15 is 0 Å². The minimum absolute atomic E-state index is 0.111. The second-order valence-corrected chi connectivity index (χ2v) is 8.75. The first-order chi connectivity index (χ1) is 12.1. The fraction of sp³-hybridized carbons (Fsp3) is 0.588. The van der Waals surface area contributed by atoms with E-state index in [1.54, 1.807) is 6.92 Å². The molecule has 1 saturated carbocycles. The van der Waals surface area contributed by atoms with Crippen LogP contribution in [0.3, 0.4) is 0 Å². The van der Waals surface area contributed by atoms with Gasteiger partial charge in [-0.15, -0.1) is 4.41 Å². The highest BCUT2D eigenvalue weighted by molar-refractivity contribution is 7.89. The van der Waals surface area contributed by atoms with Crippen molar-refractivity contribution in [1.29, 1.82) is 0 Å². The standard InChI is InChI=1S/C17H21F3N2O3S/c1-12-7-9-14(10-8-12)26(24,25)22-16(23,17(18,19)20)11-15(21-22)13-5-3-2-4-6-13/h7-10,13,23H,2-6,11H2,1H3/t16-/m1/s1. The summed E-state index contributed by atoms with van der Waals surface area (Å²) in [5, 5.41) is 14.1. The van der Waals surface area contributed by atoms with Crippen molar-refractivity contribution in [3.8, 4) is 0 Å². The fourth-order valence-corrected chi connectivity index (χ4v) is 4.95. The van der Waals surface area contributed by atoms with Crippen LogP contribution in [0.25, 0.3) is 0 Å². The predicted molar refractivity (Wildman–Crippen MR) is 89.8 cm³/mol. The van der Waals surface area contributed by atoms with Gasteiger partial charge in [-0.3, -0.25) is 0 Å². The van der Waals surface area contributed by atoms with Gasteiger partial charge in [-0.25, -0.2) is 0 Å². The maximum absolute atomic E-state index is 13.6. The highest BCUT2D eigenvalue weighted by Crippen LogP contribution is 2.45. The normalized spacial score (nSPS) is 25.4. The Morgan fingerprint density at radius 1 is 1.15 bits per heavy atom. The molecule has 0 unspecified atom stereocenters. The maximum Gasteiger partial charge on any atom is 0.439 e. The Hall–Kier alpha value is -1.61. The van der Waals surface area contributed by atoms with Gasteiger partial charge in [-0.1, -0.05) is 37.0 Å². The average Bonchev–Trinajstić information content (AvgIpc) is 2.96. The highest BCUT2D eigenvalue weighted by Gasteiger charge is 2.65. The molecule has 1 N–H and O–H groups in total. The lowest BCUT2D eigenvalue weighted by atomic mass is 9.83. The van der Waals surface area contributed by atoms with Crippen molar-refractivity contribution in [2.24, 2.45) is 11.0 Å². The van der Waals surface area contributed by atoms with Crippen LogP contribution in [0.1, 0.15) is 44.1 Å². The van der Waals surface area contributed by atoms with E-state index in [2.05, 4.69) is 5.10 Å². The number of hydrazone groups is 1. The van der Waals surface area contributed by atoms with Gasteiger partial charge in [0.1, 0.15) is 0 Å². The van der Waals surface area contributed by atoms with E-state index in [1.807, 2.05) is 0 Å². The van der Waals surface area contributed by atoms with Gasteiger partial charge >= 0.3 is 6.18 Å². The monoisotopic (exact) mass is 390 g/mol. The van der Waals surface area contributed by atoms with Crippen LogP contribution in [0.15, 0.2) is 34.3 Å². The van der Waals surface area contributed by atoms with E-state index in [0.29, 0.717) is 12.8 Å². The summed E-state index contributed by atoms with van der Waals surface area (Å²) in [5.74, 6) is -0.226. The lowest BCUT2D eigenvalue weighted by molar-refractivity contribution is -0.291. The van der Waals surface area contributed by atoms with E-state index in [-0.39, 0.29) is 20.9 Å². The summed E-state index contributed by atoms with van der Waals surface area (Å²) in [6.07, 6.45) is -1.97. The molecule has 5 nitrogen and oxygen atoms in total. The zero-order chi connectivity index (χ0) is 19.2. The summed E-state index contributed by atoms with van der Waals surface area (Å²) in [6, 6.07) is 5.41. The Morgan fingerprint density at radius 2 is 1.73 bits per heavy atom. The van der Waals surface area contributed by atoms with Gasteiger partial charge in [0.25, 0.3) is 15.7 Å². The molecule has 1 aromatic rings. The summed E-state index contributed by atoms with van der Waals surface area (Å²) in [6.45, 7) is 1.73. The number of alkyl halides is 3. The first kappa shape index (κ1) is 19.2. The predicted octanol–water partition coefficient (Wildman–Crippen LogP) is 3.58. The molecule has 1 heterocycles. The van der Waals surface area contributed by atoms with Crippen molar-refractivity contribution in [1.82, 2.24) is 4.41 Å². The van der Waals surface area contributed by atoms with E-state index < -0.39 is 28.3 Å². The van der Waals surface area contributed by atoms with E-state index in [9.17, 15) is 26.7 Å². The summed E-state index contributed by atoms with van der Waals surface area (Å²) in [4.78, 5) is -0.334.